The maximum Gasteiger partial charge on any atom is 0.345 e. The number of rotatable bonds is 5. The Morgan fingerprint density at radius 2 is 1.76 bits per heavy atom. The molecule has 2 aromatic carbocycles. The van der Waals surface area contributed by atoms with E-state index in [9.17, 15) is 4.79 Å². The summed E-state index contributed by atoms with van der Waals surface area (Å²) in [4.78, 5) is 20.9. The number of hydrogen-bond acceptors (Lipinski definition) is 5. The highest BCUT2D eigenvalue weighted by molar-refractivity contribution is 5.91. The second-order valence-electron chi connectivity index (χ2n) is 5.37. The monoisotopic (exact) mass is 334 g/mol. The molecule has 0 saturated carbocycles. The van der Waals surface area contributed by atoms with Gasteiger partial charge in [-0.2, -0.15) is 4.98 Å². The van der Waals surface area contributed by atoms with E-state index in [0.29, 0.717) is 11.6 Å². The SMILES string of the molecule is CCOC(=O)c1cnc(-c2ccccc2)nc1Oc1ccccc1C. The molecule has 0 radical (unpaired) electrons. The molecular weight excluding hydrogens is 316 g/mol. The van der Waals surface area contributed by atoms with Crippen molar-refractivity contribution in [3.63, 3.8) is 0 Å². The highest BCUT2D eigenvalue weighted by Gasteiger charge is 2.19. The maximum absolute atomic E-state index is 12.2. The summed E-state index contributed by atoms with van der Waals surface area (Å²) in [6, 6.07) is 17.1. The third-order valence-electron chi connectivity index (χ3n) is 3.58. The van der Waals surface area contributed by atoms with Crippen LogP contribution >= 0.6 is 0 Å². The molecule has 0 fully saturated rings. The van der Waals surface area contributed by atoms with E-state index >= 15 is 0 Å². The predicted octanol–water partition coefficient (Wildman–Crippen LogP) is 4.42. The van der Waals surface area contributed by atoms with Crippen molar-refractivity contribution >= 4 is 5.97 Å². The maximum atomic E-state index is 12.2. The summed E-state index contributed by atoms with van der Waals surface area (Å²) < 4.78 is 11.0. The second-order valence-corrected chi connectivity index (χ2v) is 5.37. The van der Waals surface area contributed by atoms with Crippen LogP contribution in [0.4, 0.5) is 0 Å². The van der Waals surface area contributed by atoms with Gasteiger partial charge in [0, 0.05) is 11.8 Å². The molecule has 0 spiro atoms. The van der Waals surface area contributed by atoms with Gasteiger partial charge < -0.3 is 9.47 Å². The van der Waals surface area contributed by atoms with Crippen molar-refractivity contribution in [2.24, 2.45) is 0 Å². The number of carbonyl (C=O) groups is 1. The number of ether oxygens (including phenoxy) is 2. The number of nitrogens with zero attached hydrogens (tertiary/aromatic N) is 2. The van der Waals surface area contributed by atoms with Crippen molar-refractivity contribution < 1.29 is 14.3 Å². The van der Waals surface area contributed by atoms with Crippen LogP contribution in [0.3, 0.4) is 0 Å². The molecular formula is C20H18N2O3. The summed E-state index contributed by atoms with van der Waals surface area (Å²) in [6.07, 6.45) is 1.45. The molecule has 3 rings (SSSR count). The topological polar surface area (TPSA) is 61.3 Å². The van der Waals surface area contributed by atoms with Crippen molar-refractivity contribution in [1.29, 1.82) is 0 Å². The number of carbonyl (C=O) groups excluding carboxylic acids is 1. The van der Waals surface area contributed by atoms with Crippen LogP contribution in [0.5, 0.6) is 11.6 Å². The first-order chi connectivity index (χ1) is 12.2. The first-order valence-corrected chi connectivity index (χ1v) is 8.02. The first-order valence-electron chi connectivity index (χ1n) is 8.02. The standard InChI is InChI=1S/C20H18N2O3/c1-3-24-20(23)16-13-21-18(15-10-5-4-6-11-15)22-19(16)25-17-12-8-7-9-14(17)2/h4-13H,3H2,1-2H3. The minimum absolute atomic E-state index is 0.182. The average molecular weight is 334 g/mol. The Morgan fingerprint density at radius 1 is 1.04 bits per heavy atom. The molecule has 25 heavy (non-hydrogen) atoms. The Balaban J connectivity index is 2.04. The fourth-order valence-corrected chi connectivity index (χ4v) is 2.29. The van der Waals surface area contributed by atoms with Crippen molar-refractivity contribution in [2.75, 3.05) is 6.61 Å². The molecule has 1 aromatic heterocycles. The average Bonchev–Trinajstić information content (AvgIpc) is 2.64. The lowest BCUT2D eigenvalue weighted by atomic mass is 10.2. The summed E-state index contributed by atoms with van der Waals surface area (Å²) in [5.74, 6) is 0.787. The molecule has 5 heteroatoms. The van der Waals surface area contributed by atoms with Gasteiger partial charge in [-0.1, -0.05) is 48.5 Å². The van der Waals surface area contributed by atoms with Crippen LogP contribution in [0.25, 0.3) is 11.4 Å². The van der Waals surface area contributed by atoms with Gasteiger partial charge in [0.25, 0.3) is 0 Å². The van der Waals surface area contributed by atoms with Gasteiger partial charge in [0.2, 0.25) is 5.88 Å². The normalized spacial score (nSPS) is 10.3. The zero-order valence-electron chi connectivity index (χ0n) is 14.1. The van der Waals surface area contributed by atoms with E-state index in [1.54, 1.807) is 6.92 Å². The van der Waals surface area contributed by atoms with Crippen LogP contribution in [0.15, 0.2) is 60.8 Å². The molecule has 0 amide bonds. The molecule has 126 valence electrons. The smallest absolute Gasteiger partial charge is 0.345 e. The van der Waals surface area contributed by atoms with E-state index in [1.807, 2.05) is 61.5 Å². The van der Waals surface area contributed by atoms with Crippen molar-refractivity contribution in [1.82, 2.24) is 9.97 Å². The fourth-order valence-electron chi connectivity index (χ4n) is 2.29. The van der Waals surface area contributed by atoms with E-state index in [-0.39, 0.29) is 18.1 Å². The zero-order valence-corrected chi connectivity index (χ0v) is 14.1. The van der Waals surface area contributed by atoms with E-state index in [1.165, 1.54) is 6.20 Å². The Kier molecular flexibility index (Phi) is 5.04. The molecule has 0 unspecified atom stereocenters. The third kappa shape index (κ3) is 3.83. The Bertz CT molecular complexity index is 879. The van der Waals surface area contributed by atoms with Crippen molar-refractivity contribution in [3.8, 4) is 23.0 Å². The lowest BCUT2D eigenvalue weighted by molar-refractivity contribution is 0.0522. The summed E-state index contributed by atoms with van der Waals surface area (Å²) in [6.45, 7) is 3.95. The molecule has 0 saturated heterocycles. The number of esters is 1. The van der Waals surface area contributed by atoms with E-state index in [2.05, 4.69) is 9.97 Å². The Hall–Kier alpha value is -3.21. The van der Waals surface area contributed by atoms with E-state index in [4.69, 9.17) is 9.47 Å². The molecule has 0 aliphatic rings. The second kappa shape index (κ2) is 7.57. The number of benzene rings is 2. The molecule has 1 heterocycles. The summed E-state index contributed by atoms with van der Waals surface area (Å²) >= 11 is 0. The van der Waals surface area contributed by atoms with Crippen LogP contribution in [-0.4, -0.2) is 22.5 Å². The molecule has 0 bridgehead atoms. The molecule has 3 aromatic rings. The van der Waals surface area contributed by atoms with Crippen molar-refractivity contribution in [3.05, 3.63) is 71.9 Å². The highest BCUT2D eigenvalue weighted by Crippen LogP contribution is 2.28. The summed E-state index contributed by atoms with van der Waals surface area (Å²) in [5, 5.41) is 0. The quantitative estimate of drug-likeness (QED) is 0.646. The minimum Gasteiger partial charge on any atom is -0.462 e. The van der Waals surface area contributed by atoms with Gasteiger partial charge in [-0.25, -0.2) is 9.78 Å². The minimum atomic E-state index is -0.509. The summed E-state index contributed by atoms with van der Waals surface area (Å²) in [7, 11) is 0. The Morgan fingerprint density at radius 3 is 2.48 bits per heavy atom. The van der Waals surface area contributed by atoms with Gasteiger partial charge in [0.1, 0.15) is 11.3 Å². The summed E-state index contributed by atoms with van der Waals surface area (Å²) in [5.41, 5.74) is 1.98. The number of aryl methyl sites for hydroxylation is 1. The molecule has 0 aliphatic carbocycles. The third-order valence-corrected chi connectivity index (χ3v) is 3.58. The van der Waals surface area contributed by atoms with E-state index < -0.39 is 5.97 Å². The Labute approximate surface area is 146 Å². The highest BCUT2D eigenvalue weighted by atomic mass is 16.5. The number of para-hydroxylation sites is 1. The van der Waals surface area contributed by atoms with Gasteiger partial charge in [-0.05, 0) is 25.5 Å². The first kappa shape index (κ1) is 16.6. The zero-order chi connectivity index (χ0) is 17.6. The van der Waals surface area contributed by atoms with Gasteiger partial charge >= 0.3 is 5.97 Å². The predicted molar refractivity (Wildman–Crippen MR) is 94.7 cm³/mol. The number of aromatic nitrogens is 2. The lowest BCUT2D eigenvalue weighted by Gasteiger charge is -2.12. The fraction of sp³-hybridized carbons (Fsp3) is 0.150. The van der Waals surface area contributed by atoms with Crippen LogP contribution in [-0.2, 0) is 4.74 Å². The van der Waals surface area contributed by atoms with Gasteiger partial charge in [0.15, 0.2) is 5.82 Å². The molecule has 0 N–H and O–H groups in total. The van der Waals surface area contributed by atoms with Crippen LogP contribution in [0.1, 0.15) is 22.8 Å². The van der Waals surface area contributed by atoms with Crippen molar-refractivity contribution in [2.45, 2.75) is 13.8 Å². The van der Waals surface area contributed by atoms with Crippen LogP contribution < -0.4 is 4.74 Å². The van der Waals surface area contributed by atoms with E-state index in [0.717, 1.165) is 11.1 Å². The molecule has 5 nitrogen and oxygen atoms in total. The lowest BCUT2D eigenvalue weighted by Crippen LogP contribution is -2.09. The van der Waals surface area contributed by atoms with Crippen LogP contribution in [0.2, 0.25) is 0 Å². The van der Waals surface area contributed by atoms with Gasteiger partial charge in [-0.3, -0.25) is 0 Å². The largest absolute Gasteiger partial charge is 0.462 e. The van der Waals surface area contributed by atoms with Crippen LogP contribution in [0, 0.1) is 6.92 Å². The molecule has 0 atom stereocenters. The van der Waals surface area contributed by atoms with Gasteiger partial charge in [0.05, 0.1) is 6.61 Å². The van der Waals surface area contributed by atoms with Gasteiger partial charge in [-0.15, -0.1) is 0 Å². The molecule has 0 aliphatic heterocycles. The number of hydrogen-bond donors (Lipinski definition) is 0.